The number of alkyl halides is 1. The molecule has 0 radical (unpaired) electrons. The van der Waals surface area contributed by atoms with Crippen molar-refractivity contribution in [3.63, 3.8) is 0 Å². The molecule has 1 atom stereocenters. The fraction of sp³-hybridized carbons (Fsp3) is 0.632. The summed E-state index contributed by atoms with van der Waals surface area (Å²) in [6.07, 6.45) is -0.711. The Morgan fingerprint density at radius 3 is 2.39 bits per heavy atom. The molecule has 0 aliphatic carbocycles. The third-order valence-corrected chi connectivity index (χ3v) is 5.46. The molecule has 0 saturated carbocycles. The second kappa shape index (κ2) is 11.6. The van der Waals surface area contributed by atoms with E-state index < -0.39 is 27.6 Å². The molecular formula is C19H29ClO7S. The normalized spacial score (nSPS) is 13.2. The number of hydrogen-bond acceptors (Lipinski definition) is 7. The van der Waals surface area contributed by atoms with Gasteiger partial charge >= 0.3 is 5.97 Å². The molecule has 0 fully saturated rings. The maximum absolute atomic E-state index is 12.4. The van der Waals surface area contributed by atoms with Crippen molar-refractivity contribution in [2.45, 2.75) is 39.9 Å². The minimum absolute atomic E-state index is 0.149. The second-order valence-electron chi connectivity index (χ2n) is 6.85. The molecule has 0 amide bonds. The van der Waals surface area contributed by atoms with Crippen molar-refractivity contribution < 1.29 is 31.6 Å². The zero-order valence-corrected chi connectivity index (χ0v) is 18.3. The first-order valence-electron chi connectivity index (χ1n) is 8.99. The van der Waals surface area contributed by atoms with Gasteiger partial charge in [-0.15, -0.1) is 11.6 Å². The Morgan fingerprint density at radius 1 is 1.21 bits per heavy atom. The average molecular weight is 437 g/mol. The standard InChI is InChI=1S/C19H29ClO7S/c1-5-25-18(21)17(26-13-15-7-9-16(24-4)10-8-15)19(2,3)14-27-28(22,23)12-6-11-20/h7-10,17H,5-6,11-14H2,1-4H3. The maximum Gasteiger partial charge on any atom is 0.335 e. The Morgan fingerprint density at radius 2 is 1.86 bits per heavy atom. The van der Waals surface area contributed by atoms with E-state index in [0.717, 1.165) is 5.56 Å². The van der Waals surface area contributed by atoms with Gasteiger partial charge < -0.3 is 14.2 Å². The van der Waals surface area contributed by atoms with Crippen molar-refractivity contribution in [3.05, 3.63) is 29.8 Å². The Bertz CT molecular complexity index is 701. The number of carbonyl (C=O) groups is 1. The van der Waals surface area contributed by atoms with Crippen LogP contribution in [0.1, 0.15) is 32.8 Å². The van der Waals surface area contributed by atoms with Crippen LogP contribution in [-0.4, -0.2) is 52.4 Å². The van der Waals surface area contributed by atoms with E-state index in [9.17, 15) is 13.2 Å². The number of methoxy groups -OCH3 is 1. The quantitative estimate of drug-likeness (QED) is 0.266. The Hall–Kier alpha value is -1.35. The maximum atomic E-state index is 12.4. The SMILES string of the molecule is CCOC(=O)C(OCc1ccc(OC)cc1)C(C)(C)COS(=O)(=O)CCCCl. The Balaban J connectivity index is 2.83. The van der Waals surface area contributed by atoms with E-state index in [1.165, 1.54) is 0 Å². The molecule has 0 aromatic heterocycles. The molecule has 0 heterocycles. The van der Waals surface area contributed by atoms with Gasteiger partial charge in [-0.3, -0.25) is 4.18 Å². The second-order valence-corrected chi connectivity index (χ2v) is 8.98. The molecular weight excluding hydrogens is 408 g/mol. The van der Waals surface area contributed by atoms with Crippen LogP contribution < -0.4 is 4.74 Å². The summed E-state index contributed by atoms with van der Waals surface area (Å²) in [7, 11) is -2.15. The van der Waals surface area contributed by atoms with Gasteiger partial charge in [0.05, 0.1) is 32.7 Å². The summed E-state index contributed by atoms with van der Waals surface area (Å²) in [5, 5.41) is 0. The van der Waals surface area contributed by atoms with Gasteiger partial charge in [0, 0.05) is 11.3 Å². The number of ether oxygens (including phenoxy) is 3. The van der Waals surface area contributed by atoms with E-state index in [2.05, 4.69) is 0 Å². The summed E-state index contributed by atoms with van der Waals surface area (Å²) in [4.78, 5) is 12.4. The molecule has 1 rings (SSSR count). The van der Waals surface area contributed by atoms with Crippen LogP contribution in [0.25, 0.3) is 0 Å². The molecule has 0 aliphatic rings. The summed E-state index contributed by atoms with van der Waals surface area (Å²) in [6, 6.07) is 7.22. The third-order valence-electron chi connectivity index (χ3n) is 3.92. The summed E-state index contributed by atoms with van der Waals surface area (Å²) < 4.78 is 45.0. The van der Waals surface area contributed by atoms with Crippen LogP contribution in [-0.2, 0) is 35.2 Å². The van der Waals surface area contributed by atoms with Crippen LogP contribution >= 0.6 is 11.6 Å². The lowest BCUT2D eigenvalue weighted by Crippen LogP contribution is -2.43. The van der Waals surface area contributed by atoms with E-state index in [4.69, 9.17) is 30.0 Å². The zero-order valence-electron chi connectivity index (χ0n) is 16.8. The predicted octanol–water partition coefficient (Wildman–Crippen LogP) is 3.15. The third kappa shape index (κ3) is 8.34. The van der Waals surface area contributed by atoms with Gasteiger partial charge in [0.1, 0.15) is 5.75 Å². The molecule has 0 saturated heterocycles. The van der Waals surface area contributed by atoms with Crippen LogP contribution in [0.5, 0.6) is 5.75 Å². The first kappa shape index (κ1) is 24.7. The molecule has 0 aliphatic heterocycles. The van der Waals surface area contributed by atoms with Crippen LogP contribution in [0.2, 0.25) is 0 Å². The van der Waals surface area contributed by atoms with Crippen molar-refractivity contribution in [2.24, 2.45) is 5.41 Å². The Labute approximate surface area is 172 Å². The van der Waals surface area contributed by atoms with E-state index in [-0.39, 0.29) is 31.5 Å². The molecule has 7 nitrogen and oxygen atoms in total. The number of carbonyl (C=O) groups excluding carboxylic acids is 1. The van der Waals surface area contributed by atoms with Gasteiger partial charge in [0.2, 0.25) is 0 Å². The molecule has 160 valence electrons. The molecule has 0 spiro atoms. The van der Waals surface area contributed by atoms with Gasteiger partial charge in [-0.2, -0.15) is 8.42 Å². The average Bonchev–Trinajstić information content (AvgIpc) is 2.66. The first-order valence-corrected chi connectivity index (χ1v) is 11.1. The van der Waals surface area contributed by atoms with E-state index >= 15 is 0 Å². The molecule has 0 N–H and O–H groups in total. The smallest absolute Gasteiger partial charge is 0.335 e. The number of rotatable bonds is 13. The van der Waals surface area contributed by atoms with Crippen LogP contribution in [0, 0.1) is 5.41 Å². The minimum atomic E-state index is -3.73. The van der Waals surface area contributed by atoms with Crippen LogP contribution in [0.15, 0.2) is 24.3 Å². The monoisotopic (exact) mass is 436 g/mol. The summed E-state index contributed by atoms with van der Waals surface area (Å²) in [6.45, 7) is 5.20. The highest BCUT2D eigenvalue weighted by atomic mass is 35.5. The first-order chi connectivity index (χ1) is 13.1. The van der Waals surface area contributed by atoms with Crippen LogP contribution in [0.4, 0.5) is 0 Å². The summed E-state index contributed by atoms with van der Waals surface area (Å²) >= 11 is 5.53. The fourth-order valence-corrected chi connectivity index (χ4v) is 3.73. The molecule has 28 heavy (non-hydrogen) atoms. The van der Waals surface area contributed by atoms with Crippen molar-refractivity contribution in [2.75, 3.05) is 32.0 Å². The van der Waals surface area contributed by atoms with E-state index in [1.54, 1.807) is 40.0 Å². The van der Waals surface area contributed by atoms with E-state index in [0.29, 0.717) is 12.2 Å². The predicted molar refractivity (Wildman–Crippen MR) is 107 cm³/mol. The highest BCUT2D eigenvalue weighted by molar-refractivity contribution is 7.86. The molecule has 0 bridgehead atoms. The number of hydrogen-bond donors (Lipinski definition) is 0. The summed E-state index contributed by atoms with van der Waals surface area (Å²) in [5.41, 5.74) is -0.103. The van der Waals surface area contributed by atoms with Crippen molar-refractivity contribution in [3.8, 4) is 5.75 Å². The fourth-order valence-electron chi connectivity index (χ4n) is 2.34. The van der Waals surface area contributed by atoms with Gasteiger partial charge in [0.25, 0.3) is 10.1 Å². The van der Waals surface area contributed by atoms with Gasteiger partial charge in [-0.25, -0.2) is 4.79 Å². The van der Waals surface area contributed by atoms with Gasteiger partial charge in [0.15, 0.2) is 6.10 Å². The number of halogens is 1. The highest BCUT2D eigenvalue weighted by Crippen LogP contribution is 2.27. The zero-order chi connectivity index (χ0) is 21.2. The largest absolute Gasteiger partial charge is 0.497 e. The van der Waals surface area contributed by atoms with Crippen molar-refractivity contribution in [1.29, 1.82) is 0 Å². The topological polar surface area (TPSA) is 88.1 Å². The van der Waals surface area contributed by atoms with E-state index in [1.807, 2.05) is 12.1 Å². The number of benzene rings is 1. The number of esters is 1. The lowest BCUT2D eigenvalue weighted by molar-refractivity contribution is -0.168. The Kier molecular flexibility index (Phi) is 10.2. The van der Waals surface area contributed by atoms with Gasteiger partial charge in [-0.05, 0) is 31.0 Å². The molecule has 1 aromatic rings. The molecule has 9 heteroatoms. The minimum Gasteiger partial charge on any atom is -0.497 e. The van der Waals surface area contributed by atoms with Crippen molar-refractivity contribution in [1.82, 2.24) is 0 Å². The highest BCUT2D eigenvalue weighted by Gasteiger charge is 2.39. The van der Waals surface area contributed by atoms with Gasteiger partial charge in [-0.1, -0.05) is 26.0 Å². The lowest BCUT2D eigenvalue weighted by Gasteiger charge is -2.32. The summed E-state index contributed by atoms with van der Waals surface area (Å²) in [5.74, 6) is 0.190. The van der Waals surface area contributed by atoms with Crippen LogP contribution in [0.3, 0.4) is 0 Å². The van der Waals surface area contributed by atoms with Crippen molar-refractivity contribution >= 4 is 27.7 Å². The lowest BCUT2D eigenvalue weighted by atomic mass is 9.87. The molecule has 1 aromatic carbocycles. The molecule has 1 unspecified atom stereocenters.